The Balaban J connectivity index is 2.85. The van der Waals surface area contributed by atoms with Crippen LogP contribution >= 0.6 is 0 Å². The molecule has 0 bridgehead atoms. The molecule has 1 saturated heterocycles. The monoisotopic (exact) mass is 377 g/mol. The smallest absolute Gasteiger partial charge is 0.309 e. The van der Waals surface area contributed by atoms with Crippen LogP contribution in [0.25, 0.3) is 0 Å². The summed E-state index contributed by atoms with van der Waals surface area (Å²) in [6.45, 7) is 4.16. The van der Waals surface area contributed by atoms with Crippen molar-refractivity contribution in [1.29, 1.82) is 0 Å². The molecule has 0 unspecified atom stereocenters. The van der Waals surface area contributed by atoms with Gasteiger partial charge in [0.15, 0.2) is 0 Å². The Morgan fingerprint density at radius 3 is 2.27 bits per heavy atom. The number of hydrogen-bond acceptors (Lipinski definition) is 8. The van der Waals surface area contributed by atoms with Gasteiger partial charge in [0.25, 0.3) is 0 Å². The van der Waals surface area contributed by atoms with Crippen LogP contribution in [0.15, 0.2) is 0 Å². The summed E-state index contributed by atoms with van der Waals surface area (Å²) in [6, 6.07) is -1.26. The topological polar surface area (TPSA) is 163 Å². The van der Waals surface area contributed by atoms with Gasteiger partial charge >= 0.3 is 11.9 Å². The van der Waals surface area contributed by atoms with Crippen molar-refractivity contribution in [2.45, 2.75) is 64.3 Å². The number of aliphatic carboxylic acids is 1. The fourth-order valence-corrected chi connectivity index (χ4v) is 2.79. The first-order valence-electron chi connectivity index (χ1n) is 8.38. The SMILES string of the molecule is CC(=O)N[C@H]1[C@@H](OC(=O)C[C@@H](CC(C)C)C(=O)O)O[C@H](CO)[C@@H](O)[C@@H]1O. The van der Waals surface area contributed by atoms with Gasteiger partial charge in [-0.25, -0.2) is 0 Å². The van der Waals surface area contributed by atoms with E-state index >= 15 is 0 Å². The molecule has 0 aromatic carbocycles. The van der Waals surface area contributed by atoms with Gasteiger partial charge in [0.2, 0.25) is 12.2 Å². The molecule has 1 heterocycles. The highest BCUT2D eigenvalue weighted by molar-refractivity contribution is 5.79. The number of carbonyl (C=O) groups excluding carboxylic acids is 2. The highest BCUT2D eigenvalue weighted by Gasteiger charge is 2.46. The molecule has 26 heavy (non-hydrogen) atoms. The maximum atomic E-state index is 12.1. The second kappa shape index (κ2) is 9.81. The molecular formula is C16H27NO9. The molecule has 10 nitrogen and oxygen atoms in total. The lowest BCUT2D eigenvalue weighted by molar-refractivity contribution is -0.263. The first-order valence-corrected chi connectivity index (χ1v) is 8.38. The van der Waals surface area contributed by atoms with Gasteiger partial charge < -0.3 is 35.2 Å². The van der Waals surface area contributed by atoms with Crippen molar-refractivity contribution in [2.24, 2.45) is 11.8 Å². The van der Waals surface area contributed by atoms with E-state index in [0.717, 1.165) is 0 Å². The number of nitrogens with one attached hydrogen (secondary N) is 1. The number of carboxylic acids is 1. The second-order valence-electron chi connectivity index (χ2n) is 6.79. The van der Waals surface area contributed by atoms with Gasteiger partial charge in [0.1, 0.15) is 24.4 Å². The summed E-state index contributed by atoms with van der Waals surface area (Å²) in [7, 11) is 0. The quantitative estimate of drug-likeness (QED) is 0.320. The van der Waals surface area contributed by atoms with E-state index in [9.17, 15) is 34.8 Å². The lowest BCUT2D eigenvalue weighted by atomic mass is 9.94. The van der Waals surface area contributed by atoms with Crippen LogP contribution in [0.5, 0.6) is 0 Å². The van der Waals surface area contributed by atoms with Gasteiger partial charge in [-0.2, -0.15) is 0 Å². The molecule has 5 N–H and O–H groups in total. The minimum absolute atomic E-state index is 0.0534. The Morgan fingerprint density at radius 1 is 1.19 bits per heavy atom. The normalized spacial score (nSPS) is 29.9. The largest absolute Gasteiger partial charge is 0.481 e. The molecule has 10 heteroatoms. The molecule has 1 rings (SSSR count). The molecule has 150 valence electrons. The fraction of sp³-hybridized carbons (Fsp3) is 0.812. The number of aliphatic hydroxyl groups excluding tert-OH is 3. The van der Waals surface area contributed by atoms with E-state index in [1.807, 2.05) is 13.8 Å². The number of rotatable bonds is 8. The maximum absolute atomic E-state index is 12.1. The summed E-state index contributed by atoms with van der Waals surface area (Å²) in [6.07, 6.45) is -5.89. The van der Waals surface area contributed by atoms with E-state index in [4.69, 9.17) is 9.47 Å². The Morgan fingerprint density at radius 2 is 1.81 bits per heavy atom. The Bertz CT molecular complexity index is 510. The zero-order chi connectivity index (χ0) is 20.0. The number of amides is 1. The van der Waals surface area contributed by atoms with Crippen molar-refractivity contribution in [1.82, 2.24) is 5.32 Å². The highest BCUT2D eigenvalue weighted by Crippen LogP contribution is 2.24. The van der Waals surface area contributed by atoms with E-state index in [-0.39, 0.29) is 12.3 Å². The third-order valence-electron chi connectivity index (χ3n) is 4.02. The van der Waals surface area contributed by atoms with Crippen molar-refractivity contribution in [3.8, 4) is 0 Å². The number of hydrogen-bond donors (Lipinski definition) is 5. The number of esters is 1. The molecule has 0 spiro atoms. The van der Waals surface area contributed by atoms with Crippen LogP contribution in [-0.4, -0.2) is 75.5 Å². The van der Waals surface area contributed by atoms with Crippen LogP contribution in [0, 0.1) is 11.8 Å². The number of aliphatic hydroxyl groups is 3. The molecule has 1 fully saturated rings. The molecule has 0 aromatic rings. The average molecular weight is 377 g/mol. The predicted octanol–water partition coefficient (Wildman–Crippen LogP) is -1.39. The van der Waals surface area contributed by atoms with E-state index in [0.29, 0.717) is 0 Å². The van der Waals surface area contributed by atoms with Crippen molar-refractivity contribution in [2.75, 3.05) is 6.61 Å². The summed E-state index contributed by atoms with van der Waals surface area (Å²) < 4.78 is 10.4. The third-order valence-corrected chi connectivity index (χ3v) is 4.02. The zero-order valence-electron chi connectivity index (χ0n) is 15.0. The lowest BCUT2D eigenvalue weighted by Crippen LogP contribution is -2.64. The van der Waals surface area contributed by atoms with Crippen molar-refractivity contribution < 1.29 is 44.3 Å². The second-order valence-corrected chi connectivity index (χ2v) is 6.79. The molecule has 1 amide bonds. The van der Waals surface area contributed by atoms with Gasteiger partial charge in [0.05, 0.1) is 18.9 Å². The van der Waals surface area contributed by atoms with Crippen LogP contribution in [-0.2, 0) is 23.9 Å². The van der Waals surface area contributed by atoms with E-state index in [2.05, 4.69) is 5.32 Å². The third kappa shape index (κ3) is 6.20. The Hall–Kier alpha value is -1.75. The first-order chi connectivity index (χ1) is 12.1. The highest BCUT2D eigenvalue weighted by atomic mass is 16.7. The standard InChI is InChI=1S/C16H27NO9/c1-7(2)4-9(15(23)24)5-11(20)26-16-12(17-8(3)19)14(22)13(21)10(6-18)25-16/h7,9-10,12-14,16,18,21-22H,4-6H2,1-3H3,(H,17,19)(H,23,24)/t9-,10-,12-,13-,14-,16-/m1/s1. The van der Waals surface area contributed by atoms with Crippen molar-refractivity contribution in [3.05, 3.63) is 0 Å². The fourth-order valence-electron chi connectivity index (χ4n) is 2.79. The zero-order valence-corrected chi connectivity index (χ0v) is 15.0. The Labute approximate surface area is 151 Å². The summed E-state index contributed by atoms with van der Waals surface area (Å²) in [5, 5.41) is 40.7. The summed E-state index contributed by atoms with van der Waals surface area (Å²) >= 11 is 0. The molecule has 0 saturated carbocycles. The lowest BCUT2D eigenvalue weighted by Gasteiger charge is -2.41. The van der Waals surface area contributed by atoms with Crippen molar-refractivity contribution in [3.63, 3.8) is 0 Å². The molecule has 0 aliphatic carbocycles. The van der Waals surface area contributed by atoms with Crippen LogP contribution < -0.4 is 5.32 Å². The number of carbonyl (C=O) groups is 3. The van der Waals surface area contributed by atoms with E-state index in [1.165, 1.54) is 6.92 Å². The number of carboxylic acid groups (broad SMARTS) is 1. The minimum atomic E-state index is -1.55. The number of ether oxygens (including phenoxy) is 2. The van der Waals surface area contributed by atoms with Crippen LogP contribution in [0.2, 0.25) is 0 Å². The van der Waals surface area contributed by atoms with E-state index < -0.39 is 67.4 Å². The molecule has 1 aliphatic rings. The van der Waals surface area contributed by atoms with Gasteiger partial charge in [-0.1, -0.05) is 13.8 Å². The molecule has 0 radical (unpaired) electrons. The van der Waals surface area contributed by atoms with Crippen molar-refractivity contribution >= 4 is 17.8 Å². The maximum Gasteiger partial charge on any atom is 0.309 e. The predicted molar refractivity (Wildman–Crippen MR) is 86.7 cm³/mol. The van der Waals surface area contributed by atoms with Gasteiger partial charge in [-0.3, -0.25) is 14.4 Å². The molecular weight excluding hydrogens is 350 g/mol. The summed E-state index contributed by atoms with van der Waals surface area (Å²) in [5.41, 5.74) is 0. The van der Waals surface area contributed by atoms with Gasteiger partial charge in [-0.15, -0.1) is 0 Å². The molecule has 0 aromatic heterocycles. The van der Waals surface area contributed by atoms with Crippen LogP contribution in [0.3, 0.4) is 0 Å². The average Bonchev–Trinajstić information content (AvgIpc) is 2.52. The summed E-state index contributed by atoms with van der Waals surface area (Å²) in [4.78, 5) is 34.7. The van der Waals surface area contributed by atoms with Gasteiger partial charge in [0, 0.05) is 6.92 Å². The van der Waals surface area contributed by atoms with Crippen LogP contribution in [0.4, 0.5) is 0 Å². The molecule has 1 aliphatic heterocycles. The van der Waals surface area contributed by atoms with E-state index in [1.54, 1.807) is 0 Å². The first kappa shape index (κ1) is 22.3. The van der Waals surface area contributed by atoms with Gasteiger partial charge in [-0.05, 0) is 12.3 Å². The Kier molecular flexibility index (Phi) is 8.41. The minimum Gasteiger partial charge on any atom is -0.481 e. The molecule has 6 atom stereocenters. The van der Waals surface area contributed by atoms with Crippen LogP contribution in [0.1, 0.15) is 33.6 Å². The summed E-state index contributed by atoms with van der Waals surface area (Å²) in [5.74, 6) is -3.48.